The van der Waals surface area contributed by atoms with E-state index in [0.29, 0.717) is 24.7 Å². The van der Waals surface area contributed by atoms with Crippen LogP contribution >= 0.6 is 0 Å². The molecule has 0 unspecified atom stereocenters. The molecule has 0 aromatic carbocycles. The number of hydrogen-bond donors (Lipinski definition) is 0. The Bertz CT molecular complexity index is 840. The zero-order chi connectivity index (χ0) is 17.9. The molecule has 7 heteroatoms. The predicted molar refractivity (Wildman–Crippen MR) is 94.9 cm³/mol. The quantitative estimate of drug-likeness (QED) is 0.838. The summed E-state index contributed by atoms with van der Waals surface area (Å²) in [5.74, 6) is 1.37. The summed E-state index contributed by atoms with van der Waals surface area (Å²) in [6.07, 6.45) is 6.01. The lowest BCUT2D eigenvalue weighted by molar-refractivity contribution is 0.109. The Morgan fingerprint density at radius 1 is 1.27 bits per heavy atom. The van der Waals surface area contributed by atoms with Gasteiger partial charge in [-0.1, -0.05) is 0 Å². The monoisotopic (exact) mass is 351 g/mol. The molecular formula is C19H21N5O2. The Morgan fingerprint density at radius 3 is 2.88 bits per heavy atom. The fourth-order valence-electron chi connectivity index (χ4n) is 3.45. The van der Waals surface area contributed by atoms with Crippen LogP contribution in [0.15, 0.2) is 18.5 Å². The van der Waals surface area contributed by atoms with E-state index in [2.05, 4.69) is 20.9 Å². The predicted octanol–water partition coefficient (Wildman–Crippen LogP) is 2.17. The van der Waals surface area contributed by atoms with Gasteiger partial charge in [-0.05, 0) is 13.0 Å². The van der Waals surface area contributed by atoms with Crippen molar-refractivity contribution in [1.82, 2.24) is 15.0 Å². The summed E-state index contributed by atoms with van der Waals surface area (Å²) in [6.45, 7) is 4.75. The third-order valence-electron chi connectivity index (χ3n) is 4.79. The van der Waals surface area contributed by atoms with Gasteiger partial charge in [0.2, 0.25) is 5.88 Å². The van der Waals surface area contributed by atoms with Gasteiger partial charge in [0.15, 0.2) is 0 Å². The summed E-state index contributed by atoms with van der Waals surface area (Å²) in [4.78, 5) is 15.5. The lowest BCUT2D eigenvalue weighted by Gasteiger charge is -2.33. The maximum Gasteiger partial charge on any atom is 0.232 e. The summed E-state index contributed by atoms with van der Waals surface area (Å²) < 4.78 is 11.4. The third-order valence-corrected chi connectivity index (χ3v) is 4.79. The van der Waals surface area contributed by atoms with Gasteiger partial charge >= 0.3 is 0 Å². The van der Waals surface area contributed by atoms with Crippen LogP contribution in [0, 0.1) is 18.3 Å². The molecule has 0 radical (unpaired) electrons. The minimum atomic E-state index is 0.110. The van der Waals surface area contributed by atoms with Crippen LogP contribution in [0.5, 0.6) is 5.88 Å². The minimum absolute atomic E-state index is 0.110. The van der Waals surface area contributed by atoms with Crippen molar-refractivity contribution in [3.63, 3.8) is 0 Å². The van der Waals surface area contributed by atoms with E-state index in [0.717, 1.165) is 55.1 Å². The van der Waals surface area contributed by atoms with Crippen molar-refractivity contribution in [3.8, 4) is 11.9 Å². The first-order valence-electron chi connectivity index (χ1n) is 8.94. The molecule has 4 rings (SSSR count). The normalized spacial score (nSPS) is 17.5. The van der Waals surface area contributed by atoms with E-state index in [4.69, 9.17) is 14.5 Å². The largest absolute Gasteiger partial charge is 0.473 e. The molecule has 0 N–H and O–H groups in total. The summed E-state index contributed by atoms with van der Waals surface area (Å²) in [5.41, 5.74) is 3.56. The number of nitrogens with zero attached hydrogens (tertiary/aromatic N) is 5. The second kappa shape index (κ2) is 7.26. The van der Waals surface area contributed by atoms with E-state index in [1.54, 1.807) is 12.4 Å². The number of hydrogen-bond acceptors (Lipinski definition) is 7. The fraction of sp³-hybridized carbons (Fsp3) is 0.474. The molecule has 2 aliphatic rings. The van der Waals surface area contributed by atoms with Crippen molar-refractivity contribution < 1.29 is 9.47 Å². The van der Waals surface area contributed by atoms with Crippen molar-refractivity contribution in [1.29, 1.82) is 5.26 Å². The van der Waals surface area contributed by atoms with Crippen molar-refractivity contribution in [2.24, 2.45) is 0 Å². The zero-order valence-electron chi connectivity index (χ0n) is 14.8. The molecule has 2 aromatic rings. The van der Waals surface area contributed by atoms with Crippen LogP contribution < -0.4 is 9.64 Å². The second-order valence-corrected chi connectivity index (χ2v) is 6.68. The van der Waals surface area contributed by atoms with Gasteiger partial charge in [0, 0.05) is 44.1 Å². The molecule has 0 aliphatic carbocycles. The average Bonchev–Trinajstić information content (AvgIpc) is 2.67. The SMILES string of the molecule is Cc1cncc(OC2CCN(c3nc4c(cc3C#N)COCC4)CC2)n1. The number of aromatic nitrogens is 3. The molecular weight excluding hydrogens is 330 g/mol. The van der Waals surface area contributed by atoms with Gasteiger partial charge in [-0.15, -0.1) is 0 Å². The number of piperidine rings is 1. The molecule has 0 saturated carbocycles. The molecule has 134 valence electrons. The Morgan fingerprint density at radius 2 is 2.12 bits per heavy atom. The smallest absolute Gasteiger partial charge is 0.232 e. The van der Waals surface area contributed by atoms with Crippen LogP contribution in [0.1, 0.15) is 35.4 Å². The number of aryl methyl sites for hydroxylation is 1. The number of nitriles is 1. The molecule has 1 fully saturated rings. The van der Waals surface area contributed by atoms with Gasteiger partial charge in [0.25, 0.3) is 0 Å². The number of ether oxygens (including phenoxy) is 2. The van der Waals surface area contributed by atoms with Crippen LogP contribution in [0.4, 0.5) is 5.82 Å². The van der Waals surface area contributed by atoms with Crippen molar-refractivity contribution >= 4 is 5.82 Å². The van der Waals surface area contributed by atoms with E-state index in [-0.39, 0.29) is 6.10 Å². The number of fused-ring (bicyclic) bond motifs is 1. The minimum Gasteiger partial charge on any atom is -0.473 e. The Hall–Kier alpha value is -2.72. The average molecular weight is 351 g/mol. The van der Waals surface area contributed by atoms with E-state index in [1.807, 2.05) is 13.0 Å². The van der Waals surface area contributed by atoms with Gasteiger partial charge in [-0.2, -0.15) is 5.26 Å². The lowest BCUT2D eigenvalue weighted by Crippen LogP contribution is -2.39. The van der Waals surface area contributed by atoms with Crippen molar-refractivity contribution in [2.75, 3.05) is 24.6 Å². The van der Waals surface area contributed by atoms with Crippen LogP contribution in [0.3, 0.4) is 0 Å². The standard InChI is InChI=1S/C19H21N5O2/c1-13-10-21-11-18(22-13)26-16-2-5-24(6-3-16)19-14(9-20)8-15-12-25-7-4-17(15)23-19/h8,10-11,16H,2-7,12H2,1H3. The van der Waals surface area contributed by atoms with Crippen LogP contribution in [-0.4, -0.2) is 40.8 Å². The van der Waals surface area contributed by atoms with E-state index in [1.165, 1.54) is 0 Å². The highest BCUT2D eigenvalue weighted by atomic mass is 16.5. The molecule has 0 spiro atoms. The van der Waals surface area contributed by atoms with E-state index >= 15 is 0 Å². The maximum atomic E-state index is 9.53. The van der Waals surface area contributed by atoms with Crippen LogP contribution in [0.2, 0.25) is 0 Å². The van der Waals surface area contributed by atoms with Gasteiger partial charge in [-0.25, -0.2) is 9.97 Å². The molecule has 2 aromatic heterocycles. The molecule has 2 aliphatic heterocycles. The van der Waals surface area contributed by atoms with Gasteiger partial charge < -0.3 is 14.4 Å². The van der Waals surface area contributed by atoms with E-state index in [9.17, 15) is 5.26 Å². The number of rotatable bonds is 3. The van der Waals surface area contributed by atoms with Gasteiger partial charge in [-0.3, -0.25) is 4.98 Å². The highest BCUT2D eigenvalue weighted by Crippen LogP contribution is 2.27. The van der Waals surface area contributed by atoms with Crippen LogP contribution in [-0.2, 0) is 17.8 Å². The summed E-state index contributed by atoms with van der Waals surface area (Å²) in [7, 11) is 0. The first-order valence-corrected chi connectivity index (χ1v) is 8.94. The Labute approximate surface area is 152 Å². The highest BCUT2D eigenvalue weighted by Gasteiger charge is 2.25. The molecule has 0 bridgehead atoms. The molecule has 0 atom stereocenters. The van der Waals surface area contributed by atoms with E-state index < -0.39 is 0 Å². The van der Waals surface area contributed by atoms with Crippen LogP contribution in [0.25, 0.3) is 0 Å². The molecule has 0 amide bonds. The molecule has 1 saturated heterocycles. The van der Waals surface area contributed by atoms with Gasteiger partial charge in [0.1, 0.15) is 18.0 Å². The molecule has 4 heterocycles. The summed E-state index contributed by atoms with van der Waals surface area (Å²) in [5, 5.41) is 9.53. The topological polar surface area (TPSA) is 84.2 Å². The Kier molecular flexibility index (Phi) is 4.67. The van der Waals surface area contributed by atoms with Gasteiger partial charge in [0.05, 0.1) is 36.4 Å². The third kappa shape index (κ3) is 3.46. The Balaban J connectivity index is 1.45. The van der Waals surface area contributed by atoms with Crippen molar-refractivity contribution in [2.45, 2.75) is 38.9 Å². The maximum absolute atomic E-state index is 9.53. The molecule has 26 heavy (non-hydrogen) atoms. The second-order valence-electron chi connectivity index (χ2n) is 6.68. The first kappa shape index (κ1) is 16.7. The zero-order valence-corrected chi connectivity index (χ0v) is 14.8. The van der Waals surface area contributed by atoms with Crippen molar-refractivity contribution in [3.05, 3.63) is 41.0 Å². The first-order chi connectivity index (χ1) is 12.7. The number of anilines is 1. The lowest BCUT2D eigenvalue weighted by atomic mass is 10.0. The highest BCUT2D eigenvalue weighted by molar-refractivity contribution is 5.56. The summed E-state index contributed by atoms with van der Waals surface area (Å²) in [6, 6.07) is 4.22. The molecule has 7 nitrogen and oxygen atoms in total. The fourth-order valence-corrected chi connectivity index (χ4v) is 3.45. The summed E-state index contributed by atoms with van der Waals surface area (Å²) >= 11 is 0. The number of pyridine rings is 1.